The number of carbonyl (C=O) groups excluding carboxylic acids is 2. The maximum atomic E-state index is 10.5. The fourth-order valence-electron chi connectivity index (χ4n) is 0.656. The number of carbonyl (C=O) groups is 2. The van der Waals surface area contributed by atoms with Gasteiger partial charge in [0.05, 0.1) is 20.3 Å². The SMILES string of the molecule is C=CC(=O)OC.C=CCOCC(O)COC(=O)C=C. The molecule has 0 aromatic rings. The number of aliphatic hydroxyl groups is 1. The van der Waals surface area contributed by atoms with Gasteiger partial charge in [-0.1, -0.05) is 19.2 Å². The van der Waals surface area contributed by atoms with E-state index in [2.05, 4.69) is 29.2 Å². The Morgan fingerprint density at radius 3 is 2.11 bits per heavy atom. The molecule has 6 nitrogen and oxygen atoms in total. The quantitative estimate of drug-likeness (QED) is 0.302. The van der Waals surface area contributed by atoms with Crippen LogP contribution in [0.5, 0.6) is 0 Å². The van der Waals surface area contributed by atoms with Gasteiger partial charge in [-0.3, -0.25) is 0 Å². The van der Waals surface area contributed by atoms with Crippen LogP contribution in [0.1, 0.15) is 0 Å². The van der Waals surface area contributed by atoms with Crippen LogP contribution in [0.15, 0.2) is 38.0 Å². The van der Waals surface area contributed by atoms with Crippen molar-refractivity contribution in [2.75, 3.05) is 26.9 Å². The zero-order valence-electron chi connectivity index (χ0n) is 11.0. The maximum Gasteiger partial charge on any atom is 0.330 e. The molecule has 19 heavy (non-hydrogen) atoms. The molecule has 0 rings (SSSR count). The fourth-order valence-corrected chi connectivity index (χ4v) is 0.656. The summed E-state index contributed by atoms with van der Waals surface area (Å²) in [6, 6.07) is 0. The lowest BCUT2D eigenvalue weighted by molar-refractivity contribution is -0.141. The monoisotopic (exact) mass is 272 g/mol. The van der Waals surface area contributed by atoms with Gasteiger partial charge >= 0.3 is 11.9 Å². The third kappa shape index (κ3) is 16.1. The Bertz CT molecular complexity index is 298. The summed E-state index contributed by atoms with van der Waals surface area (Å²) in [6.45, 7) is 10.2. The number of methoxy groups -OCH3 is 1. The molecule has 0 aromatic heterocycles. The minimum atomic E-state index is -0.802. The van der Waals surface area contributed by atoms with Gasteiger partial charge in [0.15, 0.2) is 0 Å². The van der Waals surface area contributed by atoms with Gasteiger partial charge in [-0.15, -0.1) is 6.58 Å². The summed E-state index contributed by atoms with van der Waals surface area (Å²) in [5.74, 6) is -0.947. The molecule has 0 aliphatic heterocycles. The molecule has 0 fully saturated rings. The van der Waals surface area contributed by atoms with Crippen LogP contribution in [0.3, 0.4) is 0 Å². The Labute approximate surface area is 113 Å². The van der Waals surface area contributed by atoms with Crippen LogP contribution >= 0.6 is 0 Å². The van der Waals surface area contributed by atoms with E-state index < -0.39 is 18.0 Å². The average Bonchev–Trinajstić information content (AvgIpc) is 2.44. The molecule has 108 valence electrons. The number of rotatable bonds is 8. The number of aliphatic hydroxyl groups excluding tert-OH is 1. The smallest absolute Gasteiger partial charge is 0.330 e. The van der Waals surface area contributed by atoms with Crippen molar-refractivity contribution >= 4 is 11.9 Å². The van der Waals surface area contributed by atoms with E-state index in [0.717, 1.165) is 12.2 Å². The lowest BCUT2D eigenvalue weighted by Gasteiger charge is -2.09. The van der Waals surface area contributed by atoms with Gasteiger partial charge in [-0.05, 0) is 0 Å². The van der Waals surface area contributed by atoms with Crippen LogP contribution in [-0.2, 0) is 23.8 Å². The van der Waals surface area contributed by atoms with E-state index in [-0.39, 0.29) is 13.2 Å². The van der Waals surface area contributed by atoms with Crippen molar-refractivity contribution in [3.8, 4) is 0 Å². The second-order valence-electron chi connectivity index (χ2n) is 3.04. The second-order valence-corrected chi connectivity index (χ2v) is 3.04. The van der Waals surface area contributed by atoms with E-state index in [4.69, 9.17) is 9.84 Å². The number of ether oxygens (including phenoxy) is 3. The van der Waals surface area contributed by atoms with Gasteiger partial charge in [0.2, 0.25) is 0 Å². The summed E-state index contributed by atoms with van der Waals surface area (Å²) < 4.78 is 13.6. The predicted octanol–water partition coefficient (Wildman–Crippen LogP) is 0.624. The van der Waals surface area contributed by atoms with E-state index in [0.29, 0.717) is 6.61 Å². The summed E-state index contributed by atoms with van der Waals surface area (Å²) in [5.41, 5.74) is 0. The fraction of sp³-hybridized carbons (Fsp3) is 0.385. The first-order valence-corrected chi connectivity index (χ1v) is 5.38. The molecular formula is C13H20O6. The van der Waals surface area contributed by atoms with Gasteiger partial charge in [-0.2, -0.15) is 0 Å². The van der Waals surface area contributed by atoms with Crippen molar-refractivity contribution in [3.63, 3.8) is 0 Å². The predicted molar refractivity (Wildman–Crippen MR) is 70.4 cm³/mol. The molecule has 1 atom stereocenters. The summed E-state index contributed by atoms with van der Waals surface area (Å²) in [6.07, 6.45) is 2.92. The van der Waals surface area contributed by atoms with Crippen LogP contribution in [0.2, 0.25) is 0 Å². The van der Waals surface area contributed by atoms with E-state index in [9.17, 15) is 9.59 Å². The molecule has 0 aromatic carbocycles. The molecule has 1 N–H and O–H groups in total. The van der Waals surface area contributed by atoms with Crippen molar-refractivity contribution in [3.05, 3.63) is 38.0 Å². The van der Waals surface area contributed by atoms with Crippen LogP contribution in [-0.4, -0.2) is 50.1 Å². The van der Waals surface area contributed by atoms with Crippen molar-refractivity contribution in [1.82, 2.24) is 0 Å². The van der Waals surface area contributed by atoms with Crippen molar-refractivity contribution in [2.24, 2.45) is 0 Å². The Kier molecular flexibility index (Phi) is 14.5. The molecule has 0 aliphatic carbocycles. The first-order valence-electron chi connectivity index (χ1n) is 5.38. The minimum Gasteiger partial charge on any atom is -0.466 e. The Balaban J connectivity index is 0. The Morgan fingerprint density at radius 2 is 1.74 bits per heavy atom. The van der Waals surface area contributed by atoms with E-state index in [1.165, 1.54) is 7.11 Å². The lowest BCUT2D eigenvalue weighted by atomic mass is 10.4. The molecule has 0 radical (unpaired) electrons. The Hall–Kier alpha value is -1.92. The third-order valence-corrected chi connectivity index (χ3v) is 1.50. The van der Waals surface area contributed by atoms with Gasteiger partial charge < -0.3 is 19.3 Å². The third-order valence-electron chi connectivity index (χ3n) is 1.50. The van der Waals surface area contributed by atoms with Crippen molar-refractivity contribution in [2.45, 2.75) is 6.10 Å². The highest BCUT2D eigenvalue weighted by molar-refractivity contribution is 5.81. The largest absolute Gasteiger partial charge is 0.466 e. The molecular weight excluding hydrogens is 252 g/mol. The van der Waals surface area contributed by atoms with Gasteiger partial charge in [0.25, 0.3) is 0 Å². The molecule has 1 unspecified atom stereocenters. The molecule has 0 amide bonds. The average molecular weight is 272 g/mol. The molecule has 0 bridgehead atoms. The van der Waals surface area contributed by atoms with Crippen molar-refractivity contribution < 1.29 is 28.9 Å². The van der Waals surface area contributed by atoms with E-state index >= 15 is 0 Å². The highest BCUT2D eigenvalue weighted by atomic mass is 16.5. The standard InChI is InChI=1S/C9H14O4.C4H6O2/c1-3-5-12-6-8(10)7-13-9(11)4-2;1-3-4(5)6-2/h3-4,8,10H,1-2,5-7H2;3H,1H2,2H3. The first kappa shape index (κ1) is 19.4. The van der Waals surface area contributed by atoms with Gasteiger partial charge in [-0.25, -0.2) is 9.59 Å². The zero-order chi connectivity index (χ0) is 15.1. The van der Waals surface area contributed by atoms with Crippen LogP contribution in [0, 0.1) is 0 Å². The number of esters is 2. The summed E-state index contributed by atoms with van der Waals surface area (Å²) >= 11 is 0. The summed E-state index contributed by atoms with van der Waals surface area (Å²) in [4.78, 5) is 20.4. The molecule has 6 heteroatoms. The normalized spacial score (nSPS) is 10.2. The van der Waals surface area contributed by atoms with E-state index in [1.54, 1.807) is 6.08 Å². The highest BCUT2D eigenvalue weighted by Gasteiger charge is 2.05. The topological polar surface area (TPSA) is 82.1 Å². The summed E-state index contributed by atoms with van der Waals surface area (Å²) in [7, 11) is 1.31. The highest BCUT2D eigenvalue weighted by Crippen LogP contribution is 1.89. The van der Waals surface area contributed by atoms with Gasteiger partial charge in [0, 0.05) is 12.2 Å². The lowest BCUT2D eigenvalue weighted by Crippen LogP contribution is -2.23. The van der Waals surface area contributed by atoms with Crippen LogP contribution < -0.4 is 0 Å². The molecule has 0 heterocycles. The van der Waals surface area contributed by atoms with Gasteiger partial charge in [0.1, 0.15) is 12.7 Å². The number of hydrogen-bond donors (Lipinski definition) is 1. The van der Waals surface area contributed by atoms with Crippen LogP contribution in [0.25, 0.3) is 0 Å². The number of hydrogen-bond acceptors (Lipinski definition) is 6. The first-order chi connectivity index (χ1) is 9.01. The Morgan fingerprint density at radius 1 is 1.16 bits per heavy atom. The second kappa shape index (κ2) is 14.1. The molecule has 0 spiro atoms. The summed E-state index contributed by atoms with van der Waals surface area (Å²) in [5, 5.41) is 9.15. The zero-order valence-corrected chi connectivity index (χ0v) is 11.0. The molecule has 0 saturated carbocycles. The van der Waals surface area contributed by atoms with Crippen LogP contribution in [0.4, 0.5) is 0 Å². The van der Waals surface area contributed by atoms with Crippen molar-refractivity contribution in [1.29, 1.82) is 0 Å². The minimum absolute atomic E-state index is 0.0814. The maximum absolute atomic E-state index is 10.5. The van der Waals surface area contributed by atoms with E-state index in [1.807, 2.05) is 0 Å². The molecule has 0 saturated heterocycles. The molecule has 0 aliphatic rings.